The van der Waals surface area contributed by atoms with Crippen LogP contribution in [0.2, 0.25) is 0 Å². The van der Waals surface area contributed by atoms with Crippen molar-refractivity contribution < 1.29 is 28.5 Å². The van der Waals surface area contributed by atoms with Gasteiger partial charge in [-0.05, 0) is 18.4 Å². The molecular weight excluding hydrogens is 294 g/mol. The van der Waals surface area contributed by atoms with Crippen LogP contribution in [0.3, 0.4) is 0 Å². The van der Waals surface area contributed by atoms with E-state index in [0.29, 0.717) is 32.8 Å². The summed E-state index contributed by atoms with van der Waals surface area (Å²) in [5, 5.41) is 18.2. The molecule has 0 aliphatic heterocycles. The number of hydrogen-bond donors (Lipinski definition) is 2. The van der Waals surface area contributed by atoms with Gasteiger partial charge >= 0.3 is 0 Å². The zero-order valence-electron chi connectivity index (χ0n) is 12.5. The topological polar surface area (TPSA) is 58.9 Å². The summed E-state index contributed by atoms with van der Waals surface area (Å²) in [6, 6.07) is 9.75. The fourth-order valence-corrected chi connectivity index (χ4v) is 2.00. The molecule has 2 N–H and O–H groups in total. The van der Waals surface area contributed by atoms with Crippen LogP contribution < -0.4 is 0 Å². The molecule has 1 rings (SSSR count). The molecule has 1 unspecified atom stereocenters. The highest BCUT2D eigenvalue weighted by Crippen LogP contribution is 2.17. The van der Waals surface area contributed by atoms with Crippen molar-refractivity contribution in [1.82, 2.24) is 0 Å². The van der Waals surface area contributed by atoms with Gasteiger partial charge in [0.2, 0.25) is 6.43 Å². The minimum absolute atomic E-state index is 0.0726. The molecule has 0 saturated carbocycles. The summed E-state index contributed by atoms with van der Waals surface area (Å²) < 4.78 is 35.0. The molecule has 1 aromatic carbocycles. The van der Waals surface area contributed by atoms with Crippen LogP contribution in [0, 0.1) is 5.92 Å². The van der Waals surface area contributed by atoms with Gasteiger partial charge in [-0.2, -0.15) is 0 Å². The highest BCUT2D eigenvalue weighted by atomic mass is 19.3. The molecule has 0 heterocycles. The first-order chi connectivity index (χ1) is 10.6. The molecular formula is C16H24F2O4. The van der Waals surface area contributed by atoms with Gasteiger partial charge in [0.1, 0.15) is 0 Å². The standard InChI is InChI=1S/C16H24F2O4/c17-15(18)7-6-14(16(19)20)8-9-21-10-11-22-12-13-4-2-1-3-5-13/h1-5,14-16,19-20H,6-12H2. The minimum Gasteiger partial charge on any atom is -0.379 e. The monoisotopic (exact) mass is 318 g/mol. The second-order valence-corrected chi connectivity index (χ2v) is 5.08. The molecule has 0 fully saturated rings. The molecule has 1 aromatic rings. The SMILES string of the molecule is OC(O)C(CCOCCOCc1ccccc1)CCC(F)F. The molecule has 1 atom stereocenters. The molecule has 4 nitrogen and oxygen atoms in total. The van der Waals surface area contributed by atoms with Crippen molar-refractivity contribution in [3.63, 3.8) is 0 Å². The van der Waals surface area contributed by atoms with Crippen molar-refractivity contribution >= 4 is 0 Å². The second-order valence-electron chi connectivity index (χ2n) is 5.08. The molecule has 126 valence electrons. The fourth-order valence-electron chi connectivity index (χ4n) is 2.00. The van der Waals surface area contributed by atoms with E-state index in [2.05, 4.69) is 0 Å². The van der Waals surface area contributed by atoms with Crippen LogP contribution in [0.1, 0.15) is 24.8 Å². The number of halogens is 2. The minimum atomic E-state index is -2.42. The summed E-state index contributed by atoms with van der Waals surface area (Å²) >= 11 is 0. The summed E-state index contributed by atoms with van der Waals surface area (Å²) in [7, 11) is 0. The van der Waals surface area contributed by atoms with E-state index in [1.807, 2.05) is 30.3 Å². The highest BCUT2D eigenvalue weighted by molar-refractivity contribution is 5.13. The molecule has 6 heteroatoms. The summed E-state index contributed by atoms with van der Waals surface area (Å²) in [6.07, 6.45) is -3.93. The first-order valence-electron chi connectivity index (χ1n) is 7.43. The van der Waals surface area contributed by atoms with Crippen molar-refractivity contribution in [1.29, 1.82) is 0 Å². The molecule has 0 aromatic heterocycles. The largest absolute Gasteiger partial charge is 0.379 e. The predicted molar refractivity (Wildman–Crippen MR) is 78.5 cm³/mol. The highest BCUT2D eigenvalue weighted by Gasteiger charge is 2.18. The number of aliphatic hydroxyl groups is 2. The molecule has 0 aliphatic carbocycles. The zero-order chi connectivity index (χ0) is 16.2. The van der Waals surface area contributed by atoms with Crippen LogP contribution in [0.4, 0.5) is 8.78 Å². The number of alkyl halides is 2. The third-order valence-electron chi connectivity index (χ3n) is 3.29. The summed E-state index contributed by atoms with van der Waals surface area (Å²) in [4.78, 5) is 0. The van der Waals surface area contributed by atoms with Crippen molar-refractivity contribution in [2.75, 3.05) is 19.8 Å². The maximum absolute atomic E-state index is 12.1. The van der Waals surface area contributed by atoms with Crippen LogP contribution in [-0.2, 0) is 16.1 Å². The molecule has 0 spiro atoms. The quantitative estimate of drug-likeness (QED) is 0.459. The van der Waals surface area contributed by atoms with E-state index in [0.717, 1.165) is 5.56 Å². The average molecular weight is 318 g/mol. The van der Waals surface area contributed by atoms with Crippen LogP contribution in [-0.4, -0.2) is 42.7 Å². The lowest BCUT2D eigenvalue weighted by Crippen LogP contribution is -2.22. The van der Waals surface area contributed by atoms with E-state index in [4.69, 9.17) is 19.7 Å². The molecule has 0 aliphatic rings. The van der Waals surface area contributed by atoms with Gasteiger partial charge in [0.15, 0.2) is 6.29 Å². The third-order valence-corrected chi connectivity index (χ3v) is 3.29. The molecule has 0 radical (unpaired) electrons. The first-order valence-corrected chi connectivity index (χ1v) is 7.43. The Morgan fingerprint density at radius 1 is 0.864 bits per heavy atom. The third kappa shape index (κ3) is 9.04. The van der Waals surface area contributed by atoms with Gasteiger partial charge in [-0.1, -0.05) is 30.3 Å². The molecule has 0 saturated heterocycles. The lowest BCUT2D eigenvalue weighted by molar-refractivity contribution is -0.0967. The van der Waals surface area contributed by atoms with Gasteiger partial charge < -0.3 is 19.7 Å². The number of hydrogen-bond acceptors (Lipinski definition) is 4. The number of benzene rings is 1. The second kappa shape index (κ2) is 11.5. The molecule has 0 amide bonds. The van der Waals surface area contributed by atoms with Gasteiger partial charge in [0, 0.05) is 18.9 Å². The van der Waals surface area contributed by atoms with Gasteiger partial charge in [0.05, 0.1) is 19.8 Å². The normalized spacial score (nSPS) is 13.0. The smallest absolute Gasteiger partial charge is 0.238 e. The van der Waals surface area contributed by atoms with Crippen molar-refractivity contribution in [3.05, 3.63) is 35.9 Å². The van der Waals surface area contributed by atoms with E-state index in [-0.39, 0.29) is 12.8 Å². The van der Waals surface area contributed by atoms with Crippen LogP contribution in [0.15, 0.2) is 30.3 Å². The summed E-state index contributed by atoms with van der Waals surface area (Å²) in [5.41, 5.74) is 1.08. The predicted octanol–water partition coefficient (Wildman–Crippen LogP) is 2.58. The van der Waals surface area contributed by atoms with Gasteiger partial charge in [-0.3, -0.25) is 0 Å². The van der Waals surface area contributed by atoms with E-state index >= 15 is 0 Å². The number of aliphatic hydroxyl groups excluding tert-OH is 1. The van der Waals surface area contributed by atoms with E-state index < -0.39 is 18.6 Å². The van der Waals surface area contributed by atoms with Gasteiger partial charge in [0.25, 0.3) is 0 Å². The Bertz CT molecular complexity index is 374. The van der Waals surface area contributed by atoms with E-state index in [1.54, 1.807) is 0 Å². The average Bonchev–Trinajstić information content (AvgIpc) is 2.49. The number of rotatable bonds is 12. The van der Waals surface area contributed by atoms with Crippen molar-refractivity contribution in [3.8, 4) is 0 Å². The van der Waals surface area contributed by atoms with Gasteiger partial charge in [-0.15, -0.1) is 0 Å². The molecule has 22 heavy (non-hydrogen) atoms. The Morgan fingerprint density at radius 2 is 1.55 bits per heavy atom. The summed E-state index contributed by atoms with van der Waals surface area (Å²) in [5.74, 6) is -0.584. The van der Waals surface area contributed by atoms with Crippen LogP contribution in [0.25, 0.3) is 0 Å². The lowest BCUT2D eigenvalue weighted by atomic mass is 9.99. The lowest BCUT2D eigenvalue weighted by Gasteiger charge is -2.18. The first kappa shape index (κ1) is 19.0. The van der Waals surface area contributed by atoms with Gasteiger partial charge in [-0.25, -0.2) is 8.78 Å². The van der Waals surface area contributed by atoms with Crippen LogP contribution >= 0.6 is 0 Å². The van der Waals surface area contributed by atoms with E-state index in [9.17, 15) is 8.78 Å². The Hall–Kier alpha value is -1.08. The van der Waals surface area contributed by atoms with Crippen LogP contribution in [0.5, 0.6) is 0 Å². The maximum Gasteiger partial charge on any atom is 0.238 e. The Morgan fingerprint density at radius 3 is 2.18 bits per heavy atom. The fraction of sp³-hybridized carbons (Fsp3) is 0.625. The Kier molecular flexibility index (Phi) is 9.90. The maximum atomic E-state index is 12.1. The zero-order valence-corrected chi connectivity index (χ0v) is 12.5. The Labute approximate surface area is 129 Å². The Balaban J connectivity index is 2.03. The van der Waals surface area contributed by atoms with Crippen molar-refractivity contribution in [2.24, 2.45) is 5.92 Å². The van der Waals surface area contributed by atoms with Crippen molar-refractivity contribution in [2.45, 2.75) is 38.6 Å². The number of ether oxygens (including phenoxy) is 2. The molecule has 0 bridgehead atoms. The van der Waals surface area contributed by atoms with E-state index in [1.165, 1.54) is 0 Å². The summed E-state index contributed by atoms with van der Waals surface area (Å²) in [6.45, 7) is 1.62.